The number of unbranched alkanes of at least 4 members (excludes halogenated alkanes) is 17. The Bertz CT molecular complexity index is 1240. The van der Waals surface area contributed by atoms with Crippen molar-refractivity contribution in [2.75, 3.05) is 47.5 Å². The predicted molar refractivity (Wildman–Crippen MR) is 251 cm³/mol. The molecule has 1 N–H and O–H groups in total. The molecular weight excluding hydrogens is 790 g/mol. The summed E-state index contributed by atoms with van der Waals surface area (Å²) in [6.45, 7) is 3.70. The third-order valence-corrected chi connectivity index (χ3v) is 11.0. The van der Waals surface area contributed by atoms with Gasteiger partial charge in [0.1, 0.15) is 19.8 Å². The van der Waals surface area contributed by atoms with Gasteiger partial charge in [-0.15, -0.1) is 0 Å². The Morgan fingerprint density at radius 3 is 1.56 bits per heavy atom. The summed E-state index contributed by atoms with van der Waals surface area (Å²) in [5.74, 6) is -0.920. The van der Waals surface area contributed by atoms with Crippen molar-refractivity contribution in [1.29, 1.82) is 0 Å². The normalized spacial score (nSPS) is 14.5. The van der Waals surface area contributed by atoms with Gasteiger partial charge in [0.05, 0.1) is 33.9 Å². The van der Waals surface area contributed by atoms with Crippen LogP contribution in [-0.2, 0) is 32.7 Å². The van der Waals surface area contributed by atoms with Gasteiger partial charge in [-0.05, 0) is 90.4 Å². The summed E-state index contributed by atoms with van der Waals surface area (Å²) >= 11 is 0. The molecule has 0 spiro atoms. The molecule has 0 aliphatic rings. The number of ether oxygens (including phenoxy) is 2. The molecule has 0 aromatic rings. The van der Waals surface area contributed by atoms with E-state index in [1.54, 1.807) is 0 Å². The molecular formula is C50H90NO9P. The highest BCUT2D eigenvalue weighted by Gasteiger charge is 2.21. The lowest BCUT2D eigenvalue weighted by Gasteiger charge is -2.28. The number of nitrogens with zero attached hydrogens (tertiary/aromatic N) is 1. The van der Waals surface area contributed by atoms with Crippen molar-refractivity contribution in [3.8, 4) is 0 Å². The van der Waals surface area contributed by atoms with E-state index in [0.717, 1.165) is 57.8 Å². The second kappa shape index (κ2) is 41.7. The Kier molecular flexibility index (Phi) is 40.1. The van der Waals surface area contributed by atoms with Crippen molar-refractivity contribution < 1.29 is 47.2 Å². The number of rotatable bonds is 43. The lowest BCUT2D eigenvalue weighted by atomic mass is 10.1. The third kappa shape index (κ3) is 47.0. The third-order valence-electron chi connectivity index (χ3n) is 10.0. The van der Waals surface area contributed by atoms with Gasteiger partial charge in [-0.25, -0.2) is 0 Å². The highest BCUT2D eigenvalue weighted by molar-refractivity contribution is 7.45. The number of likely N-dealkylation sites (N-methyl/N-ethyl adjacent to an activating group) is 1. The first-order valence-corrected chi connectivity index (χ1v) is 25.5. The van der Waals surface area contributed by atoms with Crippen LogP contribution in [0.4, 0.5) is 0 Å². The monoisotopic (exact) mass is 880 g/mol. The molecule has 11 heteroatoms. The Morgan fingerprint density at radius 1 is 0.590 bits per heavy atom. The topological polar surface area (TPSA) is 131 Å². The molecule has 0 aromatic heterocycles. The van der Waals surface area contributed by atoms with E-state index in [1.165, 1.54) is 83.5 Å². The highest BCUT2D eigenvalue weighted by Crippen LogP contribution is 2.38. The van der Waals surface area contributed by atoms with Crippen LogP contribution in [0.2, 0.25) is 0 Å². The van der Waals surface area contributed by atoms with E-state index in [-0.39, 0.29) is 32.2 Å². The van der Waals surface area contributed by atoms with E-state index in [2.05, 4.69) is 61.6 Å². The van der Waals surface area contributed by atoms with Gasteiger partial charge < -0.3 is 33.0 Å². The zero-order valence-electron chi connectivity index (χ0n) is 39.5. The van der Waals surface area contributed by atoms with Crippen LogP contribution < -0.4 is 4.89 Å². The quantitative estimate of drug-likeness (QED) is 0.0209. The zero-order valence-corrected chi connectivity index (χ0v) is 40.4. The van der Waals surface area contributed by atoms with Gasteiger partial charge in [0.2, 0.25) is 0 Å². The number of aliphatic hydroxyl groups excluding tert-OH is 1. The molecule has 1 unspecified atom stereocenters. The smallest absolute Gasteiger partial charge is 0.306 e. The van der Waals surface area contributed by atoms with Crippen LogP contribution in [0, 0.1) is 0 Å². The average molecular weight is 880 g/mol. The number of esters is 2. The summed E-state index contributed by atoms with van der Waals surface area (Å²) in [7, 11) is 1.10. The molecule has 3 atom stereocenters. The minimum Gasteiger partial charge on any atom is -0.756 e. The predicted octanol–water partition coefficient (Wildman–Crippen LogP) is 12.4. The van der Waals surface area contributed by atoms with Crippen molar-refractivity contribution in [3.63, 3.8) is 0 Å². The maximum absolute atomic E-state index is 12.7. The summed E-state index contributed by atoms with van der Waals surface area (Å²) in [6, 6.07) is 0. The maximum atomic E-state index is 12.7. The van der Waals surface area contributed by atoms with Crippen LogP contribution in [0.3, 0.4) is 0 Å². The lowest BCUT2D eigenvalue weighted by Crippen LogP contribution is -2.37. The Labute approximate surface area is 373 Å². The number of carbonyl (C=O) groups is 2. The fourth-order valence-electron chi connectivity index (χ4n) is 6.25. The molecule has 0 rings (SSSR count). The second-order valence-electron chi connectivity index (χ2n) is 17.4. The molecule has 354 valence electrons. The molecule has 0 aromatic carbocycles. The molecule has 0 aliphatic heterocycles. The second-order valence-corrected chi connectivity index (χ2v) is 18.8. The summed E-state index contributed by atoms with van der Waals surface area (Å²) in [4.78, 5) is 37.6. The standard InChI is InChI=1S/C50H90NO9P/c1-6-7-8-9-10-11-12-13-14-15-16-17-20-23-26-29-32-35-38-41-49(53)57-45-48(46-59-61(55,56)58-44-43-51(3,4)5)60-50(54)42-39-36-33-30-27-24-21-18-19-22-25-28-31-34-37-40-47(2)52/h13-14,19,21-22,24,28,30-31,33,47-48,52H,6-12,15-18,20,23,25-27,29,32,34-46H2,1-5H3/b14-13-,22-19-,24-21-,31-28-,33-30-/t47-,48+/m0/s1. The van der Waals surface area contributed by atoms with Crippen LogP contribution in [0.15, 0.2) is 60.8 Å². The first-order valence-electron chi connectivity index (χ1n) is 24.0. The Morgan fingerprint density at radius 2 is 1.03 bits per heavy atom. The van der Waals surface area contributed by atoms with Gasteiger partial charge in [-0.1, -0.05) is 145 Å². The van der Waals surface area contributed by atoms with E-state index in [1.807, 2.05) is 34.1 Å². The first-order chi connectivity index (χ1) is 29.3. The van der Waals surface area contributed by atoms with Crippen LogP contribution in [0.5, 0.6) is 0 Å². The lowest BCUT2D eigenvalue weighted by molar-refractivity contribution is -0.870. The van der Waals surface area contributed by atoms with Gasteiger partial charge in [0.15, 0.2) is 6.10 Å². The minimum absolute atomic E-state index is 0.0491. The SMILES string of the molecule is CCCCCCCC/C=C\CCCCCCCCCCCC(=O)OC[C@H](COP(=O)([O-])OCC[N+](C)(C)C)OC(=O)CCC/C=C\C/C=C\C/C=C\C/C=C\CCC[C@H](C)O. The van der Waals surface area contributed by atoms with Crippen molar-refractivity contribution in [2.45, 2.75) is 199 Å². The van der Waals surface area contributed by atoms with Crippen molar-refractivity contribution in [1.82, 2.24) is 0 Å². The zero-order chi connectivity index (χ0) is 45.1. The number of phosphoric ester groups is 1. The van der Waals surface area contributed by atoms with Crippen LogP contribution in [0.25, 0.3) is 0 Å². The van der Waals surface area contributed by atoms with Gasteiger partial charge in [0.25, 0.3) is 7.82 Å². The fourth-order valence-corrected chi connectivity index (χ4v) is 6.98. The molecule has 0 bridgehead atoms. The van der Waals surface area contributed by atoms with Crippen LogP contribution in [-0.4, -0.2) is 81.2 Å². The van der Waals surface area contributed by atoms with E-state index in [9.17, 15) is 24.2 Å². The highest BCUT2D eigenvalue weighted by atomic mass is 31.2. The summed E-state index contributed by atoms with van der Waals surface area (Å²) in [6.07, 6.45) is 48.1. The van der Waals surface area contributed by atoms with Crippen molar-refractivity contribution >= 4 is 19.8 Å². The molecule has 0 radical (unpaired) electrons. The largest absolute Gasteiger partial charge is 0.756 e. The van der Waals surface area contributed by atoms with Crippen LogP contribution in [0.1, 0.15) is 187 Å². The van der Waals surface area contributed by atoms with Gasteiger partial charge in [-0.2, -0.15) is 0 Å². The number of carbonyl (C=O) groups excluding carboxylic acids is 2. The molecule has 0 aliphatic carbocycles. The first kappa shape index (κ1) is 58.7. The molecule has 0 amide bonds. The van der Waals surface area contributed by atoms with Crippen LogP contribution >= 0.6 is 7.82 Å². The molecule has 0 saturated heterocycles. The number of allylic oxidation sites excluding steroid dienone is 10. The van der Waals surface area contributed by atoms with E-state index < -0.39 is 32.5 Å². The maximum Gasteiger partial charge on any atom is 0.306 e. The fraction of sp³-hybridized carbons (Fsp3) is 0.760. The molecule has 0 saturated carbocycles. The Balaban J connectivity index is 4.39. The molecule has 0 heterocycles. The van der Waals surface area contributed by atoms with E-state index in [0.29, 0.717) is 30.3 Å². The number of phosphoric acid groups is 1. The van der Waals surface area contributed by atoms with Crippen molar-refractivity contribution in [2.24, 2.45) is 0 Å². The summed E-state index contributed by atoms with van der Waals surface area (Å²) in [5.41, 5.74) is 0. The molecule has 61 heavy (non-hydrogen) atoms. The minimum atomic E-state index is -4.65. The van der Waals surface area contributed by atoms with Gasteiger partial charge in [-0.3, -0.25) is 14.2 Å². The number of quaternary nitrogens is 1. The summed E-state index contributed by atoms with van der Waals surface area (Å²) in [5, 5.41) is 9.29. The van der Waals surface area contributed by atoms with E-state index in [4.69, 9.17) is 18.5 Å². The van der Waals surface area contributed by atoms with Gasteiger partial charge >= 0.3 is 11.9 Å². The van der Waals surface area contributed by atoms with Gasteiger partial charge in [0, 0.05) is 12.8 Å². The number of aliphatic hydroxyl groups is 1. The number of hydrogen-bond donors (Lipinski definition) is 1. The van der Waals surface area contributed by atoms with E-state index >= 15 is 0 Å². The molecule has 0 fully saturated rings. The Hall–Kier alpha value is -2.33. The van der Waals surface area contributed by atoms with Crippen molar-refractivity contribution in [3.05, 3.63) is 60.8 Å². The summed E-state index contributed by atoms with van der Waals surface area (Å²) < 4.78 is 33.9. The number of hydrogen-bond acceptors (Lipinski definition) is 9. The molecule has 10 nitrogen and oxygen atoms in total. The average Bonchev–Trinajstić information content (AvgIpc) is 3.20.